The van der Waals surface area contributed by atoms with E-state index in [9.17, 15) is 9.59 Å². The molecule has 0 unspecified atom stereocenters. The summed E-state index contributed by atoms with van der Waals surface area (Å²) in [6, 6.07) is 0. The van der Waals surface area contributed by atoms with Crippen molar-refractivity contribution in [3.05, 3.63) is 0 Å². The summed E-state index contributed by atoms with van der Waals surface area (Å²) in [5.74, 6) is -1.19. The van der Waals surface area contributed by atoms with Gasteiger partial charge in [0.2, 0.25) is 0 Å². The minimum absolute atomic E-state index is 0.136. The van der Waals surface area contributed by atoms with Crippen LogP contribution in [0.25, 0.3) is 0 Å². The van der Waals surface area contributed by atoms with Crippen LogP contribution in [0.2, 0.25) is 0 Å². The monoisotopic (exact) mass is 186 g/mol. The highest BCUT2D eigenvalue weighted by Crippen LogP contribution is 2.10. The van der Waals surface area contributed by atoms with Crippen molar-refractivity contribution in [1.82, 2.24) is 0 Å². The highest BCUT2D eigenvalue weighted by Gasteiger charge is 2.20. The Bertz CT molecular complexity index is 181. The molecule has 0 aromatic carbocycles. The Morgan fingerprint density at radius 3 is 1.85 bits per heavy atom. The molecule has 0 amide bonds. The zero-order valence-electron chi connectivity index (χ0n) is 8.79. The third kappa shape index (κ3) is 4.06. The first kappa shape index (κ1) is 12.1. The molecule has 0 aliphatic heterocycles. The van der Waals surface area contributed by atoms with Crippen molar-refractivity contribution in [1.29, 1.82) is 0 Å². The zero-order valence-corrected chi connectivity index (χ0v) is 8.79. The van der Waals surface area contributed by atoms with Crippen LogP contribution in [-0.4, -0.2) is 11.9 Å². The first-order valence-corrected chi connectivity index (χ1v) is 4.78. The van der Waals surface area contributed by atoms with Crippen molar-refractivity contribution in [3.63, 3.8) is 0 Å². The van der Waals surface area contributed by atoms with Crippen molar-refractivity contribution in [2.24, 2.45) is 11.8 Å². The van der Waals surface area contributed by atoms with Gasteiger partial charge in [0.05, 0.1) is 11.8 Å². The second-order valence-corrected chi connectivity index (χ2v) is 3.41. The van der Waals surface area contributed by atoms with Gasteiger partial charge in [0.1, 0.15) is 0 Å². The highest BCUT2D eigenvalue weighted by atomic mass is 16.6. The molecule has 0 fully saturated rings. The van der Waals surface area contributed by atoms with E-state index in [0.717, 1.165) is 12.8 Å². The highest BCUT2D eigenvalue weighted by molar-refractivity contribution is 5.87. The Morgan fingerprint density at radius 1 is 1.08 bits per heavy atom. The second kappa shape index (κ2) is 5.73. The largest absolute Gasteiger partial charge is 0.393 e. The van der Waals surface area contributed by atoms with E-state index in [1.54, 1.807) is 13.8 Å². The summed E-state index contributed by atoms with van der Waals surface area (Å²) in [6.07, 6.45) is 1.45. The first-order chi connectivity index (χ1) is 6.02. The van der Waals surface area contributed by atoms with E-state index in [-0.39, 0.29) is 17.8 Å². The normalized spacial score (nSPS) is 10.6. The van der Waals surface area contributed by atoms with E-state index < -0.39 is 5.97 Å². The Labute approximate surface area is 79.5 Å². The van der Waals surface area contributed by atoms with Crippen molar-refractivity contribution in [3.8, 4) is 0 Å². The summed E-state index contributed by atoms with van der Waals surface area (Å²) in [4.78, 5) is 22.3. The number of rotatable bonds is 4. The minimum Gasteiger partial charge on any atom is -0.393 e. The SMILES string of the molecule is CCC(CC)C(=O)OC(=O)C(C)C. The first-order valence-electron chi connectivity index (χ1n) is 4.78. The van der Waals surface area contributed by atoms with Crippen LogP contribution in [-0.2, 0) is 14.3 Å². The van der Waals surface area contributed by atoms with Crippen LogP contribution in [0, 0.1) is 11.8 Å². The lowest BCUT2D eigenvalue weighted by Gasteiger charge is -2.11. The van der Waals surface area contributed by atoms with Gasteiger partial charge in [-0.3, -0.25) is 9.59 Å². The van der Waals surface area contributed by atoms with Gasteiger partial charge in [-0.15, -0.1) is 0 Å². The van der Waals surface area contributed by atoms with Crippen LogP contribution < -0.4 is 0 Å². The quantitative estimate of drug-likeness (QED) is 0.499. The molecule has 0 spiro atoms. The zero-order chi connectivity index (χ0) is 10.4. The summed E-state index contributed by atoms with van der Waals surface area (Å²) in [6.45, 7) is 7.25. The van der Waals surface area contributed by atoms with E-state index in [1.165, 1.54) is 0 Å². The Morgan fingerprint density at radius 2 is 1.54 bits per heavy atom. The van der Waals surface area contributed by atoms with E-state index in [4.69, 9.17) is 0 Å². The van der Waals surface area contributed by atoms with Crippen LogP contribution in [0.5, 0.6) is 0 Å². The fraction of sp³-hybridized carbons (Fsp3) is 0.800. The average molecular weight is 186 g/mol. The van der Waals surface area contributed by atoms with Gasteiger partial charge < -0.3 is 4.74 Å². The van der Waals surface area contributed by atoms with Crippen LogP contribution in [0.3, 0.4) is 0 Å². The third-order valence-corrected chi connectivity index (χ3v) is 1.99. The molecular formula is C10H18O3. The Hall–Kier alpha value is -0.860. The predicted molar refractivity (Wildman–Crippen MR) is 50.0 cm³/mol. The predicted octanol–water partition coefficient (Wildman–Crippen LogP) is 2.15. The van der Waals surface area contributed by atoms with Gasteiger partial charge in [0.15, 0.2) is 0 Å². The second-order valence-electron chi connectivity index (χ2n) is 3.41. The summed E-state index contributed by atoms with van der Waals surface area (Å²) < 4.78 is 4.68. The Kier molecular flexibility index (Phi) is 5.35. The maximum Gasteiger partial charge on any atom is 0.316 e. The number of hydrogen-bond donors (Lipinski definition) is 0. The molecule has 3 nitrogen and oxygen atoms in total. The topological polar surface area (TPSA) is 43.4 Å². The van der Waals surface area contributed by atoms with Crippen molar-refractivity contribution < 1.29 is 14.3 Å². The lowest BCUT2D eigenvalue weighted by Crippen LogP contribution is -2.23. The molecule has 0 aromatic rings. The summed E-state index contributed by atoms with van der Waals surface area (Å²) in [5.41, 5.74) is 0. The lowest BCUT2D eigenvalue weighted by molar-refractivity contribution is -0.165. The molecule has 3 heteroatoms. The van der Waals surface area contributed by atoms with Crippen molar-refractivity contribution >= 4 is 11.9 Å². The minimum atomic E-state index is -0.433. The van der Waals surface area contributed by atoms with Gasteiger partial charge in [0, 0.05) is 0 Å². The van der Waals surface area contributed by atoms with Gasteiger partial charge in [0.25, 0.3) is 0 Å². The molecule has 13 heavy (non-hydrogen) atoms. The van der Waals surface area contributed by atoms with Gasteiger partial charge >= 0.3 is 11.9 Å². The molecular weight excluding hydrogens is 168 g/mol. The standard InChI is InChI=1S/C10H18O3/c1-5-8(6-2)10(12)13-9(11)7(3)4/h7-8H,5-6H2,1-4H3. The molecule has 0 heterocycles. The molecule has 76 valence electrons. The van der Waals surface area contributed by atoms with Gasteiger partial charge in [-0.2, -0.15) is 0 Å². The maximum atomic E-state index is 11.3. The number of hydrogen-bond acceptors (Lipinski definition) is 3. The van der Waals surface area contributed by atoms with Gasteiger partial charge in [-0.05, 0) is 12.8 Å². The molecule has 0 rings (SSSR count). The number of esters is 2. The lowest BCUT2D eigenvalue weighted by atomic mass is 10.0. The van der Waals surface area contributed by atoms with Crippen LogP contribution in [0.1, 0.15) is 40.5 Å². The number of carbonyl (C=O) groups excluding carboxylic acids is 2. The van der Waals surface area contributed by atoms with Crippen LogP contribution >= 0.6 is 0 Å². The van der Waals surface area contributed by atoms with Gasteiger partial charge in [-0.25, -0.2) is 0 Å². The molecule has 0 saturated carbocycles. The molecule has 0 bridgehead atoms. The van der Waals surface area contributed by atoms with E-state index in [0.29, 0.717) is 0 Å². The van der Waals surface area contributed by atoms with Crippen LogP contribution in [0.15, 0.2) is 0 Å². The van der Waals surface area contributed by atoms with Crippen LogP contribution in [0.4, 0.5) is 0 Å². The fourth-order valence-corrected chi connectivity index (χ4v) is 0.922. The van der Waals surface area contributed by atoms with Crippen molar-refractivity contribution in [2.45, 2.75) is 40.5 Å². The number of ether oxygens (including phenoxy) is 1. The molecule has 0 aromatic heterocycles. The summed E-state index contributed by atoms with van der Waals surface area (Å²) >= 11 is 0. The van der Waals surface area contributed by atoms with E-state index >= 15 is 0 Å². The fourth-order valence-electron chi connectivity index (χ4n) is 0.922. The maximum absolute atomic E-state index is 11.3. The molecule has 0 aliphatic carbocycles. The van der Waals surface area contributed by atoms with Gasteiger partial charge in [-0.1, -0.05) is 27.7 Å². The summed E-state index contributed by atoms with van der Waals surface area (Å²) in [7, 11) is 0. The van der Waals surface area contributed by atoms with E-state index in [2.05, 4.69) is 4.74 Å². The number of carbonyl (C=O) groups is 2. The molecule has 0 aliphatic rings. The molecule has 0 saturated heterocycles. The summed E-state index contributed by atoms with van der Waals surface area (Å²) in [5, 5.41) is 0. The third-order valence-electron chi connectivity index (χ3n) is 1.99. The molecule has 0 N–H and O–H groups in total. The average Bonchev–Trinajstić information content (AvgIpc) is 2.06. The molecule has 0 radical (unpaired) electrons. The smallest absolute Gasteiger partial charge is 0.316 e. The Balaban J connectivity index is 4.06. The van der Waals surface area contributed by atoms with Crippen molar-refractivity contribution in [2.75, 3.05) is 0 Å². The van der Waals surface area contributed by atoms with E-state index in [1.807, 2.05) is 13.8 Å². The molecule has 0 atom stereocenters.